The van der Waals surface area contributed by atoms with Crippen LogP contribution in [-0.4, -0.2) is 6.54 Å². The zero-order chi connectivity index (χ0) is 13.6. The van der Waals surface area contributed by atoms with E-state index in [0.29, 0.717) is 0 Å². The summed E-state index contributed by atoms with van der Waals surface area (Å²) in [5.74, 6) is 0. The molecule has 0 aliphatic heterocycles. The van der Waals surface area contributed by atoms with Gasteiger partial charge in [-0.05, 0) is 12.0 Å². The van der Waals surface area contributed by atoms with E-state index >= 15 is 0 Å². The fraction of sp³-hybridized carbons (Fsp3) is 0.667. The number of nitrogens with zero attached hydrogens (tertiary/aromatic N) is 1. The molecule has 0 aliphatic carbocycles. The highest BCUT2D eigenvalue weighted by atomic mass is 14.8. The van der Waals surface area contributed by atoms with Crippen molar-refractivity contribution in [2.24, 2.45) is 0 Å². The molecule has 1 aromatic carbocycles. The van der Waals surface area contributed by atoms with Crippen LogP contribution in [0.3, 0.4) is 0 Å². The molecule has 0 saturated carbocycles. The number of rotatable bonds is 12. The average molecular weight is 260 g/mol. The Kier molecular flexibility index (Phi) is 10.4. The molecule has 0 atom stereocenters. The first kappa shape index (κ1) is 16.2. The third kappa shape index (κ3) is 9.72. The highest BCUT2D eigenvalue weighted by Gasteiger charge is 1.94. The van der Waals surface area contributed by atoms with Crippen LogP contribution < -0.4 is 5.32 Å². The second-order valence-electron chi connectivity index (χ2n) is 5.42. The maximum Gasteiger partial charge on any atom is 0.0384 e. The highest BCUT2D eigenvalue weighted by Crippen LogP contribution is 2.09. The summed E-state index contributed by atoms with van der Waals surface area (Å²) in [6.45, 7) is 4.20. The molecule has 1 rings (SSSR count). The van der Waals surface area contributed by atoms with Crippen LogP contribution in [0.4, 0.5) is 0 Å². The van der Waals surface area contributed by atoms with Crippen LogP contribution in [0.1, 0.15) is 70.3 Å². The Morgan fingerprint density at radius 1 is 0.737 bits per heavy atom. The van der Waals surface area contributed by atoms with E-state index in [-0.39, 0.29) is 0 Å². The molecule has 0 aliphatic rings. The van der Waals surface area contributed by atoms with Crippen LogP contribution in [0, 0.1) is 0 Å². The van der Waals surface area contributed by atoms with Gasteiger partial charge in [-0.3, -0.25) is 0 Å². The summed E-state index contributed by atoms with van der Waals surface area (Å²) in [4.78, 5) is 0. The van der Waals surface area contributed by atoms with E-state index in [4.69, 9.17) is 0 Å². The molecule has 1 nitrogen and oxygen atoms in total. The summed E-state index contributed by atoms with van der Waals surface area (Å²) in [5.41, 5.74) is 1.33. The van der Waals surface area contributed by atoms with E-state index in [9.17, 15) is 0 Å². The maximum absolute atomic E-state index is 4.60. The van der Waals surface area contributed by atoms with Crippen molar-refractivity contribution >= 4 is 0 Å². The van der Waals surface area contributed by atoms with Crippen molar-refractivity contribution < 1.29 is 0 Å². The molecular weight excluding hydrogens is 230 g/mol. The molecule has 0 spiro atoms. The predicted molar refractivity (Wildman–Crippen MR) is 84.4 cm³/mol. The van der Waals surface area contributed by atoms with Gasteiger partial charge >= 0.3 is 0 Å². The highest BCUT2D eigenvalue weighted by molar-refractivity contribution is 5.14. The number of benzene rings is 1. The van der Waals surface area contributed by atoms with Gasteiger partial charge in [-0.2, -0.15) is 0 Å². The molecule has 0 heterocycles. The minimum Gasteiger partial charge on any atom is -0.237 e. The lowest BCUT2D eigenvalue weighted by atomic mass is 10.1. The minimum atomic E-state index is 0.887. The summed E-state index contributed by atoms with van der Waals surface area (Å²) in [5, 5.41) is 4.60. The van der Waals surface area contributed by atoms with Crippen LogP contribution >= 0.6 is 0 Å². The number of hydrogen-bond acceptors (Lipinski definition) is 0. The first-order valence-electron chi connectivity index (χ1n) is 8.10. The van der Waals surface area contributed by atoms with Gasteiger partial charge < -0.3 is 0 Å². The summed E-state index contributed by atoms with van der Waals surface area (Å²) in [6, 6.07) is 10.5. The van der Waals surface area contributed by atoms with E-state index < -0.39 is 0 Å². The van der Waals surface area contributed by atoms with Crippen LogP contribution in [0.25, 0.3) is 0 Å². The monoisotopic (exact) mass is 260 g/mol. The molecule has 0 unspecified atom stereocenters. The third-order valence-corrected chi connectivity index (χ3v) is 3.56. The molecule has 0 fully saturated rings. The third-order valence-electron chi connectivity index (χ3n) is 3.56. The van der Waals surface area contributed by atoms with Gasteiger partial charge in [0, 0.05) is 13.1 Å². The van der Waals surface area contributed by atoms with Crippen molar-refractivity contribution in [3.8, 4) is 0 Å². The molecule has 0 bridgehead atoms. The minimum absolute atomic E-state index is 0.887. The van der Waals surface area contributed by atoms with Crippen molar-refractivity contribution in [3.63, 3.8) is 0 Å². The van der Waals surface area contributed by atoms with Gasteiger partial charge in [-0.1, -0.05) is 88.6 Å². The fourth-order valence-corrected chi connectivity index (χ4v) is 2.33. The van der Waals surface area contributed by atoms with Gasteiger partial charge in [0.1, 0.15) is 0 Å². The van der Waals surface area contributed by atoms with Crippen molar-refractivity contribution in [1.82, 2.24) is 5.32 Å². The maximum atomic E-state index is 4.60. The van der Waals surface area contributed by atoms with Gasteiger partial charge in [0.15, 0.2) is 0 Å². The molecular formula is C18H30N. The van der Waals surface area contributed by atoms with E-state index in [1.165, 1.54) is 63.4 Å². The van der Waals surface area contributed by atoms with Crippen molar-refractivity contribution in [3.05, 3.63) is 35.9 Å². The average Bonchev–Trinajstić information content (AvgIpc) is 2.46. The largest absolute Gasteiger partial charge is 0.237 e. The zero-order valence-electron chi connectivity index (χ0n) is 12.6. The topological polar surface area (TPSA) is 14.1 Å². The Bertz CT molecular complexity index is 281. The summed E-state index contributed by atoms with van der Waals surface area (Å²) < 4.78 is 0. The van der Waals surface area contributed by atoms with Crippen LogP contribution in [0.5, 0.6) is 0 Å². The summed E-state index contributed by atoms with van der Waals surface area (Å²) >= 11 is 0. The lowest BCUT2D eigenvalue weighted by Crippen LogP contribution is -2.06. The van der Waals surface area contributed by atoms with E-state index in [2.05, 4.69) is 42.6 Å². The smallest absolute Gasteiger partial charge is 0.0384 e. The standard InChI is InChI=1S/C18H30N/c1-2-3-4-5-6-7-8-9-13-16-19-17-18-14-11-10-12-15-18/h10-12,14-15H,2-9,13,16-17H2,1H3. The SMILES string of the molecule is CCCCCCCCCCC[N]Cc1ccccc1. The van der Waals surface area contributed by atoms with Gasteiger partial charge in [0.25, 0.3) is 0 Å². The Balaban J connectivity index is 1.79. The summed E-state index contributed by atoms with van der Waals surface area (Å²) in [6.07, 6.45) is 12.5. The fourth-order valence-electron chi connectivity index (χ4n) is 2.33. The Hall–Kier alpha value is -0.820. The molecule has 0 aromatic heterocycles. The Morgan fingerprint density at radius 3 is 1.95 bits per heavy atom. The molecule has 0 amide bonds. The van der Waals surface area contributed by atoms with Crippen LogP contribution in [-0.2, 0) is 6.54 Å². The lowest BCUT2D eigenvalue weighted by molar-refractivity contribution is 0.545. The van der Waals surface area contributed by atoms with Crippen LogP contribution in [0.15, 0.2) is 30.3 Å². The quantitative estimate of drug-likeness (QED) is 0.451. The number of unbranched alkanes of at least 4 members (excludes halogenated alkanes) is 8. The molecule has 0 saturated heterocycles. The second-order valence-corrected chi connectivity index (χ2v) is 5.42. The molecule has 1 radical (unpaired) electrons. The molecule has 0 N–H and O–H groups in total. The normalized spacial score (nSPS) is 10.8. The molecule has 1 aromatic rings. The van der Waals surface area contributed by atoms with Gasteiger partial charge in [-0.15, -0.1) is 0 Å². The zero-order valence-corrected chi connectivity index (χ0v) is 12.6. The predicted octanol–water partition coefficient (Wildman–Crippen LogP) is 5.32. The molecule has 19 heavy (non-hydrogen) atoms. The molecule has 1 heteroatoms. The molecule has 107 valence electrons. The summed E-state index contributed by atoms with van der Waals surface area (Å²) in [7, 11) is 0. The van der Waals surface area contributed by atoms with Crippen LogP contribution in [0.2, 0.25) is 0 Å². The van der Waals surface area contributed by atoms with Gasteiger partial charge in [-0.25, -0.2) is 5.32 Å². The van der Waals surface area contributed by atoms with E-state index in [0.717, 1.165) is 13.1 Å². The number of hydrogen-bond donors (Lipinski definition) is 0. The first-order valence-corrected chi connectivity index (χ1v) is 8.10. The van der Waals surface area contributed by atoms with Gasteiger partial charge in [0.2, 0.25) is 0 Å². The Labute approximate surface area is 119 Å². The second kappa shape index (κ2) is 12.2. The van der Waals surface area contributed by atoms with Crippen molar-refractivity contribution in [2.75, 3.05) is 6.54 Å². The van der Waals surface area contributed by atoms with E-state index in [1.807, 2.05) is 0 Å². The Morgan fingerprint density at radius 2 is 1.32 bits per heavy atom. The lowest BCUT2D eigenvalue weighted by Gasteiger charge is -2.03. The van der Waals surface area contributed by atoms with Gasteiger partial charge in [0.05, 0.1) is 0 Å². The van der Waals surface area contributed by atoms with Crippen molar-refractivity contribution in [2.45, 2.75) is 71.3 Å². The van der Waals surface area contributed by atoms with Crippen molar-refractivity contribution in [1.29, 1.82) is 0 Å². The first-order chi connectivity index (χ1) is 9.43. The van der Waals surface area contributed by atoms with E-state index in [1.54, 1.807) is 0 Å².